The highest BCUT2D eigenvalue weighted by atomic mass is 16.4. The van der Waals surface area contributed by atoms with Crippen LogP contribution in [-0.2, 0) is 4.79 Å². The summed E-state index contributed by atoms with van der Waals surface area (Å²) < 4.78 is 0. The molecule has 17 heavy (non-hydrogen) atoms. The quantitative estimate of drug-likeness (QED) is 0.686. The molecule has 1 aromatic heterocycles. The average molecular weight is 237 g/mol. The molecule has 0 radical (unpaired) electrons. The van der Waals surface area contributed by atoms with E-state index in [9.17, 15) is 9.59 Å². The van der Waals surface area contributed by atoms with Crippen LogP contribution in [0.4, 0.5) is 0 Å². The maximum Gasteiger partial charge on any atom is 0.303 e. The molecule has 6 heteroatoms. The lowest BCUT2D eigenvalue weighted by molar-refractivity contribution is -0.137. The summed E-state index contributed by atoms with van der Waals surface area (Å²) in [7, 11) is 0. The first-order valence-electron chi connectivity index (χ1n) is 5.47. The number of nitrogens with zero attached hydrogens (tertiary/aromatic N) is 2. The van der Waals surface area contributed by atoms with E-state index in [4.69, 9.17) is 5.11 Å². The van der Waals surface area contributed by atoms with Crippen LogP contribution in [0.2, 0.25) is 0 Å². The number of carboxylic acid groups (broad SMARTS) is 1. The van der Waals surface area contributed by atoms with Crippen molar-refractivity contribution in [3.05, 3.63) is 24.0 Å². The third-order valence-electron chi connectivity index (χ3n) is 2.20. The SMILES string of the molecule is O=C(O)CCCCCNC(=O)c1ccnnc1. The predicted octanol–water partition coefficient (Wildman–Crippen LogP) is 0.851. The van der Waals surface area contributed by atoms with E-state index >= 15 is 0 Å². The first-order chi connectivity index (χ1) is 8.20. The van der Waals surface area contributed by atoms with Gasteiger partial charge >= 0.3 is 5.97 Å². The Bertz CT molecular complexity index is 367. The molecular weight excluding hydrogens is 222 g/mol. The maximum absolute atomic E-state index is 11.5. The zero-order valence-corrected chi connectivity index (χ0v) is 9.43. The van der Waals surface area contributed by atoms with Gasteiger partial charge in [0.15, 0.2) is 0 Å². The zero-order chi connectivity index (χ0) is 12.5. The van der Waals surface area contributed by atoms with Crippen molar-refractivity contribution in [2.45, 2.75) is 25.7 Å². The Balaban J connectivity index is 2.11. The molecule has 0 aliphatic carbocycles. The van der Waals surface area contributed by atoms with Gasteiger partial charge in [-0.05, 0) is 18.9 Å². The summed E-state index contributed by atoms with van der Waals surface area (Å²) in [6.07, 6.45) is 5.25. The van der Waals surface area contributed by atoms with Gasteiger partial charge in [-0.15, -0.1) is 0 Å². The van der Waals surface area contributed by atoms with Gasteiger partial charge in [-0.25, -0.2) is 0 Å². The van der Waals surface area contributed by atoms with Gasteiger partial charge in [0.1, 0.15) is 0 Å². The van der Waals surface area contributed by atoms with E-state index in [1.165, 1.54) is 12.4 Å². The molecule has 0 unspecified atom stereocenters. The molecule has 1 rings (SSSR count). The maximum atomic E-state index is 11.5. The minimum Gasteiger partial charge on any atom is -0.481 e. The molecule has 0 fully saturated rings. The van der Waals surface area contributed by atoms with Crippen LogP contribution in [0.15, 0.2) is 18.5 Å². The molecule has 1 amide bonds. The summed E-state index contributed by atoms with van der Waals surface area (Å²) in [4.78, 5) is 21.8. The molecule has 0 spiro atoms. The molecule has 0 aromatic carbocycles. The van der Waals surface area contributed by atoms with Crippen molar-refractivity contribution >= 4 is 11.9 Å². The monoisotopic (exact) mass is 237 g/mol. The van der Waals surface area contributed by atoms with Crippen molar-refractivity contribution in [3.8, 4) is 0 Å². The van der Waals surface area contributed by atoms with Crippen molar-refractivity contribution < 1.29 is 14.7 Å². The van der Waals surface area contributed by atoms with E-state index in [1.807, 2.05) is 0 Å². The number of unbranched alkanes of at least 4 members (excludes halogenated alkanes) is 2. The van der Waals surface area contributed by atoms with Gasteiger partial charge in [-0.1, -0.05) is 6.42 Å². The number of carboxylic acids is 1. The van der Waals surface area contributed by atoms with Crippen LogP contribution in [0.3, 0.4) is 0 Å². The number of carbonyl (C=O) groups excluding carboxylic acids is 1. The Morgan fingerprint density at radius 3 is 2.71 bits per heavy atom. The van der Waals surface area contributed by atoms with E-state index in [0.717, 1.165) is 12.8 Å². The molecule has 0 saturated heterocycles. The lowest BCUT2D eigenvalue weighted by Gasteiger charge is -2.03. The molecule has 1 heterocycles. The minimum absolute atomic E-state index is 0.182. The zero-order valence-electron chi connectivity index (χ0n) is 9.43. The molecular formula is C11H15N3O3. The fraction of sp³-hybridized carbons (Fsp3) is 0.455. The van der Waals surface area contributed by atoms with Gasteiger partial charge in [-0.2, -0.15) is 10.2 Å². The number of amides is 1. The van der Waals surface area contributed by atoms with Gasteiger partial charge in [0.25, 0.3) is 5.91 Å². The molecule has 6 nitrogen and oxygen atoms in total. The summed E-state index contributed by atoms with van der Waals surface area (Å²) >= 11 is 0. The molecule has 0 atom stereocenters. The van der Waals surface area contributed by atoms with E-state index < -0.39 is 5.97 Å². The van der Waals surface area contributed by atoms with Crippen LogP contribution in [-0.4, -0.2) is 33.7 Å². The number of aliphatic carboxylic acids is 1. The fourth-order valence-electron chi connectivity index (χ4n) is 1.31. The lowest BCUT2D eigenvalue weighted by Crippen LogP contribution is -2.24. The number of carbonyl (C=O) groups is 2. The van der Waals surface area contributed by atoms with Crippen LogP contribution in [0, 0.1) is 0 Å². The second-order valence-electron chi connectivity index (χ2n) is 3.59. The lowest BCUT2D eigenvalue weighted by atomic mass is 10.2. The van der Waals surface area contributed by atoms with Gasteiger partial charge in [0.2, 0.25) is 0 Å². The standard InChI is InChI=1S/C11H15N3O3/c15-10(16)4-2-1-3-6-12-11(17)9-5-7-13-14-8-9/h5,7-8H,1-4,6H2,(H,12,17)(H,15,16). The van der Waals surface area contributed by atoms with Gasteiger partial charge in [0, 0.05) is 13.0 Å². The Morgan fingerprint density at radius 1 is 1.24 bits per heavy atom. The molecule has 0 aliphatic heterocycles. The van der Waals surface area contributed by atoms with Gasteiger partial charge in [0.05, 0.1) is 18.0 Å². The first-order valence-corrected chi connectivity index (χ1v) is 5.47. The van der Waals surface area contributed by atoms with Crippen LogP contribution in [0.25, 0.3) is 0 Å². The van der Waals surface area contributed by atoms with Crippen molar-refractivity contribution in [1.82, 2.24) is 15.5 Å². The second-order valence-corrected chi connectivity index (χ2v) is 3.59. The van der Waals surface area contributed by atoms with Gasteiger partial charge in [-0.3, -0.25) is 9.59 Å². The van der Waals surface area contributed by atoms with E-state index in [1.54, 1.807) is 6.07 Å². The predicted molar refractivity (Wildman–Crippen MR) is 60.5 cm³/mol. The Morgan fingerprint density at radius 2 is 2.06 bits per heavy atom. The normalized spacial score (nSPS) is 9.88. The minimum atomic E-state index is -0.781. The summed E-state index contributed by atoms with van der Waals surface area (Å²) in [5, 5.41) is 18.3. The van der Waals surface area contributed by atoms with Crippen molar-refractivity contribution in [1.29, 1.82) is 0 Å². The Kier molecular flexibility index (Phi) is 5.63. The van der Waals surface area contributed by atoms with E-state index in [0.29, 0.717) is 18.5 Å². The van der Waals surface area contributed by atoms with E-state index in [2.05, 4.69) is 15.5 Å². The molecule has 92 valence electrons. The topological polar surface area (TPSA) is 92.2 Å². The van der Waals surface area contributed by atoms with Crippen LogP contribution < -0.4 is 5.32 Å². The summed E-state index contributed by atoms with van der Waals surface area (Å²) in [6, 6.07) is 1.59. The molecule has 1 aromatic rings. The third kappa shape index (κ3) is 5.60. The Labute approximate surface area is 99.1 Å². The first kappa shape index (κ1) is 13.1. The molecule has 0 aliphatic rings. The number of hydrogen-bond donors (Lipinski definition) is 2. The van der Waals surface area contributed by atoms with Crippen LogP contribution in [0.5, 0.6) is 0 Å². The number of aromatic nitrogens is 2. The van der Waals surface area contributed by atoms with Crippen molar-refractivity contribution in [2.24, 2.45) is 0 Å². The molecule has 0 bridgehead atoms. The highest BCUT2D eigenvalue weighted by Gasteiger charge is 2.03. The number of rotatable bonds is 7. The third-order valence-corrected chi connectivity index (χ3v) is 2.20. The fourth-order valence-corrected chi connectivity index (χ4v) is 1.31. The highest BCUT2D eigenvalue weighted by molar-refractivity contribution is 5.93. The summed E-state index contributed by atoms with van der Waals surface area (Å²) in [6.45, 7) is 0.542. The summed E-state index contributed by atoms with van der Waals surface area (Å²) in [5.41, 5.74) is 0.477. The average Bonchev–Trinajstić information content (AvgIpc) is 2.34. The summed E-state index contributed by atoms with van der Waals surface area (Å²) in [5.74, 6) is -0.963. The molecule has 2 N–H and O–H groups in total. The highest BCUT2D eigenvalue weighted by Crippen LogP contribution is 1.99. The second kappa shape index (κ2) is 7.32. The van der Waals surface area contributed by atoms with E-state index in [-0.39, 0.29) is 12.3 Å². The molecule has 0 saturated carbocycles. The van der Waals surface area contributed by atoms with Crippen LogP contribution >= 0.6 is 0 Å². The van der Waals surface area contributed by atoms with Crippen LogP contribution in [0.1, 0.15) is 36.0 Å². The number of nitrogens with one attached hydrogen (secondary N) is 1. The van der Waals surface area contributed by atoms with Crippen molar-refractivity contribution in [3.63, 3.8) is 0 Å². The largest absolute Gasteiger partial charge is 0.481 e. The smallest absolute Gasteiger partial charge is 0.303 e. The van der Waals surface area contributed by atoms with Crippen molar-refractivity contribution in [2.75, 3.05) is 6.54 Å². The Hall–Kier alpha value is -1.98. The van der Waals surface area contributed by atoms with Gasteiger partial charge < -0.3 is 10.4 Å². The number of hydrogen-bond acceptors (Lipinski definition) is 4.